The molecule has 2 rings (SSSR count). The largest absolute Gasteiger partial charge is 0.380 e. The number of nitrogens with two attached hydrogens (primary N) is 1. The summed E-state index contributed by atoms with van der Waals surface area (Å²) in [4.78, 5) is 4.56. The first kappa shape index (κ1) is 16.7. The van der Waals surface area contributed by atoms with Gasteiger partial charge in [-0.25, -0.2) is 0 Å². The van der Waals surface area contributed by atoms with E-state index in [-0.39, 0.29) is 6.04 Å². The van der Waals surface area contributed by atoms with Crippen LogP contribution in [0.4, 0.5) is 5.69 Å². The molecule has 1 aliphatic carbocycles. The van der Waals surface area contributed by atoms with Crippen LogP contribution in [-0.2, 0) is 0 Å². The highest BCUT2D eigenvalue weighted by Crippen LogP contribution is 2.17. The monoisotopic (exact) mass is 302 g/mol. The van der Waals surface area contributed by atoms with E-state index < -0.39 is 0 Å². The number of anilines is 1. The van der Waals surface area contributed by atoms with Gasteiger partial charge in [0.25, 0.3) is 0 Å². The molecule has 122 valence electrons. The lowest BCUT2D eigenvalue weighted by atomic mass is 9.96. The van der Waals surface area contributed by atoms with Gasteiger partial charge in [0, 0.05) is 17.8 Å². The van der Waals surface area contributed by atoms with Crippen LogP contribution in [0, 0.1) is 5.92 Å². The summed E-state index contributed by atoms with van der Waals surface area (Å²) in [7, 11) is 0. The van der Waals surface area contributed by atoms with E-state index in [1.54, 1.807) is 0 Å². The number of rotatable bonds is 6. The zero-order valence-electron chi connectivity index (χ0n) is 13.9. The van der Waals surface area contributed by atoms with Crippen molar-refractivity contribution >= 4 is 11.6 Å². The van der Waals surface area contributed by atoms with Gasteiger partial charge in [-0.15, -0.1) is 0 Å². The summed E-state index contributed by atoms with van der Waals surface area (Å²) >= 11 is 0. The highest BCUT2D eigenvalue weighted by atomic mass is 15.1. The molecular formula is C18H30N4. The van der Waals surface area contributed by atoms with Crippen molar-refractivity contribution in [3.05, 3.63) is 30.3 Å². The molecule has 1 atom stereocenters. The molecule has 0 aromatic heterocycles. The van der Waals surface area contributed by atoms with Crippen LogP contribution in [0.1, 0.15) is 46.0 Å². The second-order valence-corrected chi connectivity index (χ2v) is 6.57. The Morgan fingerprint density at radius 1 is 1.18 bits per heavy atom. The zero-order chi connectivity index (χ0) is 15.8. The van der Waals surface area contributed by atoms with Crippen molar-refractivity contribution in [3.8, 4) is 0 Å². The number of hydrogen-bond acceptors (Lipinski definition) is 2. The van der Waals surface area contributed by atoms with E-state index in [1.807, 2.05) is 18.2 Å². The van der Waals surface area contributed by atoms with Crippen LogP contribution in [-0.4, -0.2) is 24.6 Å². The van der Waals surface area contributed by atoms with Gasteiger partial charge < -0.3 is 16.4 Å². The van der Waals surface area contributed by atoms with Crippen LogP contribution in [0.15, 0.2) is 35.3 Å². The Hall–Kier alpha value is -1.71. The van der Waals surface area contributed by atoms with E-state index >= 15 is 0 Å². The van der Waals surface area contributed by atoms with Crippen LogP contribution in [0.5, 0.6) is 0 Å². The molecule has 4 nitrogen and oxygen atoms in total. The van der Waals surface area contributed by atoms with Gasteiger partial charge in [-0.3, -0.25) is 4.99 Å². The lowest BCUT2D eigenvalue weighted by Gasteiger charge is -2.24. The average molecular weight is 302 g/mol. The van der Waals surface area contributed by atoms with Gasteiger partial charge in [0.15, 0.2) is 5.96 Å². The van der Waals surface area contributed by atoms with Gasteiger partial charge in [0.05, 0.1) is 6.54 Å². The average Bonchev–Trinajstić information content (AvgIpc) is 2.53. The molecule has 22 heavy (non-hydrogen) atoms. The Labute approximate surface area is 134 Å². The maximum absolute atomic E-state index is 6.06. The third-order valence-corrected chi connectivity index (χ3v) is 4.35. The summed E-state index contributed by atoms with van der Waals surface area (Å²) in [5, 5.41) is 6.92. The number of benzene rings is 1. The fraction of sp³-hybridized carbons (Fsp3) is 0.611. The number of guanidine groups is 1. The minimum atomic E-state index is 0.286. The molecule has 4 N–H and O–H groups in total. The standard InChI is InChI=1S/C18H30N4/c1-14(2)17(21-15-9-5-3-6-10-15)13-20-18(19)22-16-11-7-4-8-12-16/h3,5-6,9-10,14,16-17,21H,4,7-8,11-13H2,1-2H3,(H3,19,20,22). The number of nitrogens with one attached hydrogen (secondary N) is 2. The summed E-state index contributed by atoms with van der Waals surface area (Å²) in [6.07, 6.45) is 6.38. The quantitative estimate of drug-likeness (QED) is 0.558. The molecule has 0 saturated heterocycles. The fourth-order valence-electron chi connectivity index (χ4n) is 2.87. The first-order valence-corrected chi connectivity index (χ1v) is 8.53. The van der Waals surface area contributed by atoms with Crippen LogP contribution in [0.3, 0.4) is 0 Å². The predicted molar refractivity (Wildman–Crippen MR) is 95.2 cm³/mol. The number of aliphatic imine (C=N–C) groups is 1. The Morgan fingerprint density at radius 3 is 2.50 bits per heavy atom. The smallest absolute Gasteiger partial charge is 0.188 e. The van der Waals surface area contributed by atoms with E-state index in [9.17, 15) is 0 Å². The zero-order valence-corrected chi connectivity index (χ0v) is 13.9. The SMILES string of the molecule is CC(C)C(CN=C(N)NC1CCCCC1)Nc1ccccc1. The molecule has 1 aromatic rings. The van der Waals surface area contributed by atoms with Gasteiger partial charge in [0.2, 0.25) is 0 Å². The van der Waals surface area contributed by atoms with Gasteiger partial charge in [-0.2, -0.15) is 0 Å². The van der Waals surface area contributed by atoms with E-state index in [4.69, 9.17) is 5.73 Å². The Kier molecular flexibility index (Phi) is 6.56. The van der Waals surface area contributed by atoms with Gasteiger partial charge in [-0.05, 0) is 30.9 Å². The third-order valence-electron chi connectivity index (χ3n) is 4.35. The number of para-hydroxylation sites is 1. The highest BCUT2D eigenvalue weighted by molar-refractivity contribution is 5.78. The minimum absolute atomic E-state index is 0.286. The summed E-state index contributed by atoms with van der Waals surface area (Å²) in [5.74, 6) is 1.08. The van der Waals surface area contributed by atoms with Crippen molar-refractivity contribution in [2.75, 3.05) is 11.9 Å². The van der Waals surface area contributed by atoms with E-state index in [0.717, 1.165) is 5.69 Å². The molecule has 0 heterocycles. The van der Waals surface area contributed by atoms with Gasteiger partial charge >= 0.3 is 0 Å². The Morgan fingerprint density at radius 2 is 1.86 bits per heavy atom. The van der Waals surface area contributed by atoms with Crippen molar-refractivity contribution < 1.29 is 0 Å². The van der Waals surface area contributed by atoms with Crippen molar-refractivity contribution in [2.45, 2.75) is 58.0 Å². The molecule has 1 aliphatic rings. The van der Waals surface area contributed by atoms with E-state index in [2.05, 4.69) is 41.6 Å². The van der Waals surface area contributed by atoms with Crippen molar-refractivity contribution in [1.29, 1.82) is 0 Å². The lowest BCUT2D eigenvalue weighted by molar-refractivity contribution is 0.412. The molecule has 0 bridgehead atoms. The molecule has 1 saturated carbocycles. The third kappa shape index (κ3) is 5.58. The predicted octanol–water partition coefficient (Wildman–Crippen LogP) is 3.36. The molecule has 4 heteroatoms. The maximum Gasteiger partial charge on any atom is 0.188 e. The summed E-state index contributed by atoms with van der Waals surface area (Å²) in [5.41, 5.74) is 7.19. The number of hydrogen-bond donors (Lipinski definition) is 3. The van der Waals surface area contributed by atoms with E-state index in [1.165, 1.54) is 32.1 Å². The second kappa shape index (κ2) is 8.66. The van der Waals surface area contributed by atoms with Crippen molar-refractivity contribution in [1.82, 2.24) is 5.32 Å². The normalized spacial score (nSPS) is 18.2. The fourth-order valence-corrected chi connectivity index (χ4v) is 2.87. The topological polar surface area (TPSA) is 62.4 Å². The van der Waals surface area contributed by atoms with Crippen molar-refractivity contribution in [3.63, 3.8) is 0 Å². The summed E-state index contributed by atoms with van der Waals surface area (Å²) in [6, 6.07) is 11.1. The van der Waals surface area contributed by atoms with Crippen LogP contribution >= 0.6 is 0 Å². The second-order valence-electron chi connectivity index (χ2n) is 6.57. The molecule has 0 amide bonds. The molecule has 1 unspecified atom stereocenters. The first-order valence-electron chi connectivity index (χ1n) is 8.53. The molecular weight excluding hydrogens is 272 g/mol. The molecule has 0 radical (unpaired) electrons. The van der Waals surface area contributed by atoms with Gasteiger partial charge in [-0.1, -0.05) is 51.3 Å². The first-order chi connectivity index (χ1) is 10.6. The van der Waals surface area contributed by atoms with Crippen LogP contribution in [0.25, 0.3) is 0 Å². The van der Waals surface area contributed by atoms with Crippen LogP contribution < -0.4 is 16.4 Å². The molecule has 1 aromatic carbocycles. The molecule has 0 spiro atoms. The molecule has 1 fully saturated rings. The van der Waals surface area contributed by atoms with Gasteiger partial charge in [0.1, 0.15) is 0 Å². The minimum Gasteiger partial charge on any atom is -0.380 e. The summed E-state index contributed by atoms with van der Waals surface area (Å²) < 4.78 is 0. The summed E-state index contributed by atoms with van der Waals surface area (Å²) in [6.45, 7) is 5.11. The number of nitrogens with zero attached hydrogens (tertiary/aromatic N) is 1. The Bertz CT molecular complexity index is 449. The Balaban J connectivity index is 1.85. The lowest BCUT2D eigenvalue weighted by Crippen LogP contribution is -2.42. The maximum atomic E-state index is 6.06. The molecule has 0 aliphatic heterocycles. The van der Waals surface area contributed by atoms with E-state index in [0.29, 0.717) is 24.5 Å². The van der Waals surface area contributed by atoms with Crippen LogP contribution in [0.2, 0.25) is 0 Å². The highest BCUT2D eigenvalue weighted by Gasteiger charge is 2.15. The van der Waals surface area contributed by atoms with Crippen molar-refractivity contribution in [2.24, 2.45) is 16.6 Å².